The van der Waals surface area contributed by atoms with Crippen molar-refractivity contribution in [2.45, 2.75) is 6.61 Å². The van der Waals surface area contributed by atoms with Crippen molar-refractivity contribution in [2.75, 3.05) is 7.11 Å². The highest BCUT2D eigenvalue weighted by Gasteiger charge is 2.11. The Morgan fingerprint density at radius 3 is 2.75 bits per heavy atom. The normalized spacial score (nSPS) is 10.1. The number of benzene rings is 1. The van der Waals surface area contributed by atoms with Gasteiger partial charge in [-0.3, -0.25) is 0 Å². The zero-order chi connectivity index (χ0) is 11.4. The summed E-state index contributed by atoms with van der Waals surface area (Å²) in [5.41, 5.74) is 1.85. The second-order valence-corrected chi connectivity index (χ2v) is 3.44. The fourth-order valence-electron chi connectivity index (χ4n) is 1.62. The Bertz CT molecular complexity index is 483. The lowest BCUT2D eigenvalue weighted by molar-refractivity contribution is -0.596. The Labute approximate surface area is 94.6 Å². The van der Waals surface area contributed by atoms with Gasteiger partial charge in [-0.2, -0.15) is 4.57 Å². The number of pyridine rings is 1. The van der Waals surface area contributed by atoms with Gasteiger partial charge in [-0.05, 0) is 6.07 Å². The molecule has 0 aliphatic rings. The lowest BCUT2D eigenvalue weighted by Gasteiger charge is -2.02. The SMILES string of the molecule is COc1ccc[n+](-c2ccccc2CO)c1. The van der Waals surface area contributed by atoms with Gasteiger partial charge in [0.1, 0.15) is 0 Å². The first-order valence-corrected chi connectivity index (χ1v) is 5.09. The van der Waals surface area contributed by atoms with E-state index in [1.807, 2.05) is 53.4 Å². The van der Waals surface area contributed by atoms with E-state index in [1.54, 1.807) is 7.11 Å². The van der Waals surface area contributed by atoms with Crippen molar-refractivity contribution in [2.24, 2.45) is 0 Å². The molecule has 0 amide bonds. The zero-order valence-electron chi connectivity index (χ0n) is 9.13. The summed E-state index contributed by atoms with van der Waals surface area (Å²) in [7, 11) is 1.64. The molecule has 0 radical (unpaired) electrons. The van der Waals surface area contributed by atoms with Crippen molar-refractivity contribution in [3.05, 3.63) is 54.4 Å². The molecule has 0 aliphatic carbocycles. The number of aromatic nitrogens is 1. The second-order valence-electron chi connectivity index (χ2n) is 3.44. The van der Waals surface area contributed by atoms with E-state index in [9.17, 15) is 5.11 Å². The predicted octanol–water partition coefficient (Wildman–Crippen LogP) is 1.46. The molecular weight excluding hydrogens is 202 g/mol. The molecule has 82 valence electrons. The molecule has 1 aromatic heterocycles. The summed E-state index contributed by atoms with van der Waals surface area (Å²) in [6.07, 6.45) is 3.81. The predicted molar refractivity (Wildman–Crippen MR) is 60.4 cm³/mol. The molecular formula is C13H14NO2+. The highest BCUT2D eigenvalue weighted by Crippen LogP contribution is 2.10. The topological polar surface area (TPSA) is 33.3 Å². The molecule has 1 N–H and O–H groups in total. The highest BCUT2D eigenvalue weighted by molar-refractivity contribution is 5.33. The quantitative estimate of drug-likeness (QED) is 0.788. The highest BCUT2D eigenvalue weighted by atomic mass is 16.5. The molecule has 0 aliphatic heterocycles. The summed E-state index contributed by atoms with van der Waals surface area (Å²) < 4.78 is 7.10. The maximum absolute atomic E-state index is 9.26. The molecule has 2 aromatic rings. The minimum Gasteiger partial charge on any atom is -0.491 e. The van der Waals surface area contributed by atoms with Crippen LogP contribution in [0, 0.1) is 0 Å². The minimum atomic E-state index is 0.0282. The fraction of sp³-hybridized carbons (Fsp3) is 0.154. The van der Waals surface area contributed by atoms with Gasteiger partial charge in [0.15, 0.2) is 11.9 Å². The molecule has 16 heavy (non-hydrogen) atoms. The van der Waals surface area contributed by atoms with Crippen LogP contribution in [-0.2, 0) is 6.61 Å². The first-order chi connectivity index (χ1) is 7.85. The number of rotatable bonds is 3. The van der Waals surface area contributed by atoms with E-state index in [4.69, 9.17) is 4.74 Å². The summed E-state index contributed by atoms with van der Waals surface area (Å²) in [5.74, 6) is 0.787. The van der Waals surface area contributed by atoms with Gasteiger partial charge in [0.05, 0.1) is 13.7 Å². The molecule has 1 aromatic carbocycles. The number of para-hydroxylation sites is 1. The van der Waals surface area contributed by atoms with Crippen LogP contribution in [0.1, 0.15) is 5.56 Å². The average Bonchev–Trinajstić information content (AvgIpc) is 2.38. The Morgan fingerprint density at radius 2 is 2.00 bits per heavy atom. The van der Waals surface area contributed by atoms with E-state index >= 15 is 0 Å². The van der Waals surface area contributed by atoms with Crippen LogP contribution in [0.25, 0.3) is 5.69 Å². The van der Waals surface area contributed by atoms with Crippen molar-refractivity contribution in [3.8, 4) is 11.4 Å². The molecule has 0 atom stereocenters. The van der Waals surface area contributed by atoms with Crippen LogP contribution in [0.3, 0.4) is 0 Å². The Kier molecular flexibility index (Phi) is 3.17. The standard InChI is InChI=1S/C13H14NO2/c1-16-12-6-4-8-14(9-12)13-7-3-2-5-11(13)10-15/h2-9,15H,10H2,1H3/q+1. The molecule has 0 saturated heterocycles. The molecule has 0 saturated carbocycles. The fourth-order valence-corrected chi connectivity index (χ4v) is 1.62. The molecule has 0 spiro atoms. The number of hydrogen-bond acceptors (Lipinski definition) is 2. The summed E-state index contributed by atoms with van der Waals surface area (Å²) in [6.45, 7) is 0.0282. The number of methoxy groups -OCH3 is 1. The molecule has 2 rings (SSSR count). The Morgan fingerprint density at radius 1 is 1.19 bits per heavy atom. The lowest BCUT2D eigenvalue weighted by atomic mass is 10.2. The first kappa shape index (κ1) is 10.6. The number of aliphatic hydroxyl groups excluding tert-OH is 1. The van der Waals surface area contributed by atoms with Gasteiger partial charge in [-0.25, -0.2) is 0 Å². The number of ether oxygens (including phenoxy) is 1. The maximum Gasteiger partial charge on any atom is 0.217 e. The number of nitrogens with zero attached hydrogens (tertiary/aromatic N) is 1. The Balaban J connectivity index is 2.49. The summed E-state index contributed by atoms with van der Waals surface area (Å²) in [6, 6.07) is 11.5. The van der Waals surface area contributed by atoms with Crippen LogP contribution >= 0.6 is 0 Å². The molecule has 3 heteroatoms. The van der Waals surface area contributed by atoms with Crippen molar-refractivity contribution < 1.29 is 14.4 Å². The zero-order valence-corrected chi connectivity index (χ0v) is 9.13. The molecule has 0 fully saturated rings. The van der Waals surface area contributed by atoms with E-state index in [0.717, 1.165) is 17.0 Å². The van der Waals surface area contributed by atoms with Gasteiger partial charge in [-0.1, -0.05) is 18.2 Å². The van der Waals surface area contributed by atoms with Crippen molar-refractivity contribution >= 4 is 0 Å². The number of hydrogen-bond donors (Lipinski definition) is 1. The van der Waals surface area contributed by atoms with Crippen LogP contribution in [0.5, 0.6) is 5.75 Å². The van der Waals surface area contributed by atoms with E-state index in [1.165, 1.54) is 0 Å². The minimum absolute atomic E-state index is 0.0282. The summed E-state index contributed by atoms with van der Waals surface area (Å²) in [4.78, 5) is 0. The smallest absolute Gasteiger partial charge is 0.217 e. The molecule has 0 bridgehead atoms. The monoisotopic (exact) mass is 216 g/mol. The largest absolute Gasteiger partial charge is 0.491 e. The van der Waals surface area contributed by atoms with E-state index in [2.05, 4.69) is 0 Å². The third-order valence-corrected chi connectivity index (χ3v) is 2.45. The molecule has 3 nitrogen and oxygen atoms in total. The van der Waals surface area contributed by atoms with Crippen LogP contribution in [0.15, 0.2) is 48.8 Å². The van der Waals surface area contributed by atoms with Crippen molar-refractivity contribution in [1.29, 1.82) is 0 Å². The number of aliphatic hydroxyl groups is 1. The van der Waals surface area contributed by atoms with Gasteiger partial charge in [0, 0.05) is 17.7 Å². The van der Waals surface area contributed by atoms with Crippen molar-refractivity contribution in [3.63, 3.8) is 0 Å². The third kappa shape index (κ3) is 2.04. The van der Waals surface area contributed by atoms with E-state index < -0.39 is 0 Å². The van der Waals surface area contributed by atoms with Gasteiger partial charge in [0.2, 0.25) is 11.9 Å². The van der Waals surface area contributed by atoms with Crippen LogP contribution < -0.4 is 9.30 Å². The lowest BCUT2D eigenvalue weighted by Crippen LogP contribution is -2.31. The van der Waals surface area contributed by atoms with E-state index in [0.29, 0.717) is 0 Å². The van der Waals surface area contributed by atoms with Gasteiger partial charge >= 0.3 is 0 Å². The van der Waals surface area contributed by atoms with Gasteiger partial charge < -0.3 is 9.84 Å². The summed E-state index contributed by atoms with van der Waals surface area (Å²) >= 11 is 0. The van der Waals surface area contributed by atoms with Crippen LogP contribution in [0.2, 0.25) is 0 Å². The average molecular weight is 216 g/mol. The Hall–Kier alpha value is -1.87. The van der Waals surface area contributed by atoms with Crippen LogP contribution in [0.4, 0.5) is 0 Å². The molecule has 0 unspecified atom stereocenters. The van der Waals surface area contributed by atoms with Gasteiger partial charge in [0.25, 0.3) is 0 Å². The summed E-state index contributed by atoms with van der Waals surface area (Å²) in [5, 5.41) is 9.26. The van der Waals surface area contributed by atoms with Crippen molar-refractivity contribution in [1.82, 2.24) is 0 Å². The van der Waals surface area contributed by atoms with Gasteiger partial charge in [-0.15, -0.1) is 0 Å². The first-order valence-electron chi connectivity index (χ1n) is 5.09. The second kappa shape index (κ2) is 4.77. The third-order valence-electron chi connectivity index (χ3n) is 2.45. The molecule has 1 heterocycles. The van der Waals surface area contributed by atoms with E-state index in [-0.39, 0.29) is 6.61 Å². The van der Waals surface area contributed by atoms with Crippen LogP contribution in [-0.4, -0.2) is 12.2 Å². The maximum atomic E-state index is 9.26.